The highest BCUT2D eigenvalue weighted by Crippen LogP contribution is 2.36. The molecule has 0 atom stereocenters. The van der Waals surface area contributed by atoms with E-state index >= 15 is 0 Å². The van der Waals surface area contributed by atoms with E-state index in [0.717, 1.165) is 0 Å². The van der Waals surface area contributed by atoms with Crippen LogP contribution < -0.4 is 19.5 Å². The van der Waals surface area contributed by atoms with E-state index in [9.17, 15) is 13.6 Å². The number of benzene rings is 2. The molecule has 0 aromatic heterocycles. The van der Waals surface area contributed by atoms with Crippen molar-refractivity contribution in [1.29, 1.82) is 0 Å². The fourth-order valence-electron chi connectivity index (χ4n) is 1.97. The van der Waals surface area contributed by atoms with E-state index in [0.29, 0.717) is 22.2 Å². The molecule has 8 heteroatoms. The highest BCUT2D eigenvalue weighted by atomic mass is 35.5. The maximum Gasteiger partial charge on any atom is 0.387 e. The van der Waals surface area contributed by atoms with Crippen LogP contribution in [-0.2, 0) is 0 Å². The smallest absolute Gasteiger partial charge is 0.387 e. The Morgan fingerprint density at radius 1 is 1.12 bits per heavy atom. The van der Waals surface area contributed by atoms with E-state index in [-0.39, 0.29) is 11.3 Å². The number of ether oxygens (including phenoxy) is 3. The normalized spacial score (nSPS) is 10.4. The van der Waals surface area contributed by atoms with E-state index in [1.807, 2.05) is 0 Å². The lowest BCUT2D eigenvalue weighted by atomic mass is 10.2. The molecule has 0 bridgehead atoms. The van der Waals surface area contributed by atoms with Gasteiger partial charge in [-0.2, -0.15) is 8.78 Å². The number of methoxy groups -OCH3 is 2. The van der Waals surface area contributed by atoms with E-state index in [2.05, 4.69) is 10.1 Å². The van der Waals surface area contributed by atoms with Gasteiger partial charge in [0.25, 0.3) is 5.91 Å². The monoisotopic (exact) mass is 357 g/mol. The Morgan fingerprint density at radius 2 is 1.83 bits per heavy atom. The van der Waals surface area contributed by atoms with Crippen LogP contribution in [0.15, 0.2) is 36.4 Å². The van der Waals surface area contributed by atoms with Crippen LogP contribution in [0.25, 0.3) is 0 Å². The molecule has 0 saturated carbocycles. The molecular weight excluding hydrogens is 344 g/mol. The average molecular weight is 358 g/mol. The van der Waals surface area contributed by atoms with Crippen LogP contribution in [0.4, 0.5) is 14.5 Å². The number of rotatable bonds is 6. The van der Waals surface area contributed by atoms with Crippen molar-refractivity contribution in [3.8, 4) is 17.2 Å². The third-order valence-electron chi connectivity index (χ3n) is 3.04. The fourth-order valence-corrected chi connectivity index (χ4v) is 2.20. The molecule has 0 spiro atoms. The summed E-state index contributed by atoms with van der Waals surface area (Å²) < 4.78 is 39.0. The lowest BCUT2D eigenvalue weighted by Gasteiger charge is -2.13. The van der Waals surface area contributed by atoms with Gasteiger partial charge in [-0.15, -0.1) is 0 Å². The Labute approximate surface area is 142 Å². The Hall–Kier alpha value is -2.54. The minimum absolute atomic E-state index is 0.113. The number of carbonyl (C=O) groups excluding carboxylic acids is 1. The maximum atomic E-state index is 12.3. The molecule has 1 N–H and O–H groups in total. The lowest BCUT2D eigenvalue weighted by molar-refractivity contribution is -0.0498. The molecule has 128 valence electrons. The first kappa shape index (κ1) is 17.8. The second-order valence-electron chi connectivity index (χ2n) is 4.55. The molecule has 0 radical (unpaired) electrons. The van der Waals surface area contributed by atoms with Crippen LogP contribution in [0.5, 0.6) is 17.2 Å². The Kier molecular flexibility index (Phi) is 5.81. The third-order valence-corrected chi connectivity index (χ3v) is 3.34. The summed E-state index contributed by atoms with van der Waals surface area (Å²) >= 11 is 6.00. The minimum atomic E-state index is -2.97. The number of anilines is 1. The van der Waals surface area contributed by atoms with Crippen LogP contribution >= 0.6 is 11.6 Å². The lowest BCUT2D eigenvalue weighted by Crippen LogP contribution is -2.13. The van der Waals surface area contributed by atoms with Gasteiger partial charge in [0.1, 0.15) is 17.2 Å². The van der Waals surface area contributed by atoms with Gasteiger partial charge in [0.05, 0.1) is 24.9 Å². The second kappa shape index (κ2) is 7.83. The van der Waals surface area contributed by atoms with Crippen molar-refractivity contribution in [2.24, 2.45) is 0 Å². The maximum absolute atomic E-state index is 12.3. The van der Waals surface area contributed by atoms with Crippen molar-refractivity contribution in [3.63, 3.8) is 0 Å². The standard InChI is InChI=1S/C16H14ClF2NO4/c1-22-13-8-12(14(23-2)7-11(13)17)20-15(21)9-4-3-5-10(6-9)24-16(18)19/h3-8,16H,1-2H3,(H,20,21). The van der Waals surface area contributed by atoms with Crippen LogP contribution in [-0.4, -0.2) is 26.7 Å². The molecule has 0 aliphatic carbocycles. The van der Waals surface area contributed by atoms with E-state index in [1.54, 1.807) is 0 Å². The number of hydrogen-bond acceptors (Lipinski definition) is 4. The Morgan fingerprint density at radius 3 is 2.46 bits per heavy atom. The molecule has 0 saturated heterocycles. The van der Waals surface area contributed by atoms with Crippen molar-refractivity contribution in [2.75, 3.05) is 19.5 Å². The molecule has 2 aromatic carbocycles. The van der Waals surface area contributed by atoms with Gasteiger partial charge in [0.2, 0.25) is 0 Å². The predicted molar refractivity (Wildman–Crippen MR) is 85.6 cm³/mol. The molecule has 5 nitrogen and oxygen atoms in total. The van der Waals surface area contributed by atoms with Crippen molar-refractivity contribution in [2.45, 2.75) is 6.61 Å². The third kappa shape index (κ3) is 4.26. The zero-order chi connectivity index (χ0) is 17.7. The first-order chi connectivity index (χ1) is 11.4. The summed E-state index contributed by atoms with van der Waals surface area (Å²) in [5, 5.41) is 2.93. The van der Waals surface area contributed by atoms with Crippen molar-refractivity contribution >= 4 is 23.2 Å². The van der Waals surface area contributed by atoms with Crippen molar-refractivity contribution in [3.05, 3.63) is 47.0 Å². The summed E-state index contributed by atoms with van der Waals surface area (Å²) in [6, 6.07) is 8.43. The molecule has 0 aliphatic rings. The molecule has 2 rings (SSSR count). The van der Waals surface area contributed by atoms with Gasteiger partial charge >= 0.3 is 6.61 Å². The molecule has 2 aromatic rings. The number of hydrogen-bond donors (Lipinski definition) is 1. The largest absolute Gasteiger partial charge is 0.495 e. The van der Waals surface area contributed by atoms with Gasteiger partial charge in [-0.1, -0.05) is 17.7 Å². The summed E-state index contributed by atoms with van der Waals surface area (Å²) in [6.07, 6.45) is 0. The molecule has 0 fully saturated rings. The SMILES string of the molecule is COc1cc(NC(=O)c2cccc(OC(F)F)c2)c(OC)cc1Cl. The van der Waals surface area contributed by atoms with Crippen LogP contribution in [0.1, 0.15) is 10.4 Å². The topological polar surface area (TPSA) is 56.8 Å². The van der Waals surface area contributed by atoms with Crippen LogP contribution in [0.2, 0.25) is 5.02 Å². The number of carbonyl (C=O) groups is 1. The predicted octanol–water partition coefficient (Wildman–Crippen LogP) is 4.21. The van der Waals surface area contributed by atoms with Gasteiger partial charge in [0, 0.05) is 17.7 Å². The zero-order valence-corrected chi connectivity index (χ0v) is 13.6. The summed E-state index contributed by atoms with van der Waals surface area (Å²) in [7, 11) is 2.86. The first-order valence-corrected chi connectivity index (χ1v) is 7.10. The second-order valence-corrected chi connectivity index (χ2v) is 4.95. The first-order valence-electron chi connectivity index (χ1n) is 6.72. The summed E-state index contributed by atoms with van der Waals surface area (Å²) in [4.78, 5) is 12.3. The fraction of sp³-hybridized carbons (Fsp3) is 0.188. The average Bonchev–Trinajstić information content (AvgIpc) is 2.55. The number of nitrogens with one attached hydrogen (secondary N) is 1. The summed E-state index contributed by atoms with van der Waals surface area (Å²) in [5.41, 5.74) is 0.466. The van der Waals surface area contributed by atoms with Gasteiger partial charge in [-0.3, -0.25) is 4.79 Å². The Balaban J connectivity index is 2.26. The molecular formula is C16H14ClF2NO4. The van der Waals surface area contributed by atoms with Gasteiger partial charge in [-0.25, -0.2) is 0 Å². The van der Waals surface area contributed by atoms with E-state index < -0.39 is 12.5 Å². The number of halogens is 3. The molecule has 0 unspecified atom stereocenters. The molecule has 24 heavy (non-hydrogen) atoms. The minimum Gasteiger partial charge on any atom is -0.495 e. The number of alkyl halides is 2. The van der Waals surface area contributed by atoms with Crippen LogP contribution in [0.3, 0.4) is 0 Å². The number of amides is 1. The molecule has 1 amide bonds. The summed E-state index contributed by atoms with van der Waals surface area (Å²) in [5.74, 6) is 0.0346. The van der Waals surface area contributed by atoms with E-state index in [1.165, 1.54) is 50.6 Å². The van der Waals surface area contributed by atoms with Crippen molar-refractivity contribution < 1.29 is 27.8 Å². The van der Waals surface area contributed by atoms with Crippen molar-refractivity contribution in [1.82, 2.24) is 0 Å². The zero-order valence-electron chi connectivity index (χ0n) is 12.8. The van der Waals surface area contributed by atoms with Gasteiger partial charge in [0.15, 0.2) is 0 Å². The molecule has 0 heterocycles. The Bertz CT molecular complexity index is 740. The van der Waals surface area contributed by atoms with Crippen LogP contribution in [0, 0.1) is 0 Å². The van der Waals surface area contributed by atoms with Gasteiger partial charge < -0.3 is 19.5 Å². The summed E-state index contributed by atoms with van der Waals surface area (Å²) in [6.45, 7) is -2.97. The molecule has 0 aliphatic heterocycles. The van der Waals surface area contributed by atoms with Gasteiger partial charge in [-0.05, 0) is 18.2 Å². The highest BCUT2D eigenvalue weighted by Gasteiger charge is 2.15. The quantitative estimate of drug-likeness (QED) is 0.841. The highest BCUT2D eigenvalue weighted by molar-refractivity contribution is 6.32. The van der Waals surface area contributed by atoms with E-state index in [4.69, 9.17) is 21.1 Å².